The fourth-order valence-electron chi connectivity index (χ4n) is 2.91. The van der Waals surface area contributed by atoms with Crippen LogP contribution in [0, 0.1) is 0 Å². The molecule has 0 fully saturated rings. The summed E-state index contributed by atoms with van der Waals surface area (Å²) in [4.78, 5) is 30.3. The number of fused-ring (bicyclic) bond motifs is 1. The predicted molar refractivity (Wildman–Crippen MR) is 123 cm³/mol. The van der Waals surface area contributed by atoms with Crippen molar-refractivity contribution in [3.63, 3.8) is 0 Å². The molecule has 0 radical (unpaired) electrons. The molecule has 9 heteroatoms. The zero-order valence-corrected chi connectivity index (χ0v) is 18.2. The van der Waals surface area contributed by atoms with Crippen molar-refractivity contribution in [2.45, 2.75) is 5.16 Å². The second-order valence-corrected chi connectivity index (χ2v) is 8.48. The third kappa shape index (κ3) is 4.21. The van der Waals surface area contributed by atoms with Crippen LogP contribution in [0.1, 0.15) is 0 Å². The standard InChI is InChI=1S/C21H16ClN3O3S2/c1-28-17-8-3-2-7-16(17)25-20(27)19-15(9-10-29-19)24-21(25)30-12-18(26)23-14-6-4-5-13(22)11-14/h2-11H,12H2,1H3,(H,23,26). The number of carbonyl (C=O) groups excluding carboxylic acids is 1. The molecule has 0 aliphatic rings. The number of anilines is 1. The molecule has 152 valence electrons. The van der Waals surface area contributed by atoms with E-state index in [1.54, 1.807) is 49.6 Å². The molecule has 2 aromatic carbocycles. The zero-order chi connectivity index (χ0) is 21.1. The second kappa shape index (κ2) is 8.91. The molecule has 0 spiro atoms. The van der Waals surface area contributed by atoms with E-state index in [-0.39, 0.29) is 17.2 Å². The van der Waals surface area contributed by atoms with Crippen molar-refractivity contribution in [3.05, 3.63) is 75.4 Å². The number of hydrogen-bond donors (Lipinski definition) is 1. The molecule has 0 atom stereocenters. The van der Waals surface area contributed by atoms with E-state index in [9.17, 15) is 9.59 Å². The Bertz CT molecular complexity index is 1290. The summed E-state index contributed by atoms with van der Waals surface area (Å²) in [5, 5.41) is 5.58. The van der Waals surface area contributed by atoms with Gasteiger partial charge in [0.2, 0.25) is 5.91 Å². The number of rotatable bonds is 6. The van der Waals surface area contributed by atoms with Crippen LogP contribution in [0.15, 0.2) is 69.9 Å². The molecular formula is C21H16ClN3O3S2. The lowest BCUT2D eigenvalue weighted by Gasteiger charge is -2.14. The largest absolute Gasteiger partial charge is 0.495 e. The number of ether oxygens (including phenoxy) is 1. The maximum absolute atomic E-state index is 13.2. The molecule has 1 N–H and O–H groups in total. The van der Waals surface area contributed by atoms with E-state index in [1.165, 1.54) is 27.7 Å². The summed E-state index contributed by atoms with van der Waals surface area (Å²) in [5.41, 5.74) is 1.59. The summed E-state index contributed by atoms with van der Waals surface area (Å²) in [7, 11) is 1.55. The summed E-state index contributed by atoms with van der Waals surface area (Å²) in [6.45, 7) is 0. The van der Waals surface area contributed by atoms with Crippen LogP contribution >= 0.6 is 34.7 Å². The molecule has 0 saturated heterocycles. The molecule has 0 bridgehead atoms. The normalized spacial score (nSPS) is 10.9. The minimum Gasteiger partial charge on any atom is -0.495 e. The van der Waals surface area contributed by atoms with Crippen molar-refractivity contribution in [2.24, 2.45) is 0 Å². The highest BCUT2D eigenvalue weighted by atomic mass is 35.5. The van der Waals surface area contributed by atoms with Crippen molar-refractivity contribution in [1.82, 2.24) is 9.55 Å². The quantitative estimate of drug-likeness (QED) is 0.331. The summed E-state index contributed by atoms with van der Waals surface area (Å²) in [6.07, 6.45) is 0. The average molecular weight is 458 g/mol. The van der Waals surface area contributed by atoms with E-state index in [2.05, 4.69) is 10.3 Å². The first kappa shape index (κ1) is 20.5. The molecule has 4 aromatic rings. The Morgan fingerprint density at radius 3 is 2.87 bits per heavy atom. The van der Waals surface area contributed by atoms with Crippen LogP contribution in [0.2, 0.25) is 5.02 Å². The lowest BCUT2D eigenvalue weighted by molar-refractivity contribution is -0.113. The Kier molecular flexibility index (Phi) is 6.08. The van der Waals surface area contributed by atoms with Gasteiger partial charge in [0.05, 0.1) is 24.1 Å². The zero-order valence-electron chi connectivity index (χ0n) is 15.8. The number of methoxy groups -OCH3 is 1. The average Bonchev–Trinajstić information content (AvgIpc) is 3.21. The summed E-state index contributed by atoms with van der Waals surface area (Å²) >= 11 is 8.48. The van der Waals surface area contributed by atoms with Gasteiger partial charge in [-0.05, 0) is 41.8 Å². The van der Waals surface area contributed by atoms with Gasteiger partial charge in [-0.15, -0.1) is 11.3 Å². The number of nitrogens with one attached hydrogen (secondary N) is 1. The van der Waals surface area contributed by atoms with Crippen molar-refractivity contribution in [2.75, 3.05) is 18.2 Å². The molecule has 0 aliphatic heterocycles. The smallest absolute Gasteiger partial charge is 0.276 e. The van der Waals surface area contributed by atoms with Crippen LogP contribution in [0.3, 0.4) is 0 Å². The maximum Gasteiger partial charge on any atom is 0.276 e. The van der Waals surface area contributed by atoms with Crippen molar-refractivity contribution < 1.29 is 9.53 Å². The number of amides is 1. The number of carbonyl (C=O) groups is 1. The van der Waals surface area contributed by atoms with Gasteiger partial charge >= 0.3 is 0 Å². The van der Waals surface area contributed by atoms with Gasteiger partial charge in [-0.3, -0.25) is 14.2 Å². The van der Waals surface area contributed by atoms with Crippen LogP contribution in [0.4, 0.5) is 5.69 Å². The number of halogens is 1. The number of thioether (sulfide) groups is 1. The van der Waals surface area contributed by atoms with Gasteiger partial charge in [0.25, 0.3) is 5.56 Å². The van der Waals surface area contributed by atoms with E-state index in [1.807, 2.05) is 17.5 Å². The Hall–Kier alpha value is -2.81. The van der Waals surface area contributed by atoms with Crippen LogP contribution < -0.4 is 15.6 Å². The van der Waals surface area contributed by atoms with Gasteiger partial charge in [0.15, 0.2) is 5.16 Å². The van der Waals surface area contributed by atoms with E-state index in [0.717, 1.165) is 0 Å². The van der Waals surface area contributed by atoms with E-state index in [4.69, 9.17) is 16.3 Å². The lowest BCUT2D eigenvalue weighted by atomic mass is 10.3. The molecule has 0 saturated carbocycles. The van der Waals surface area contributed by atoms with Gasteiger partial charge in [0.1, 0.15) is 10.4 Å². The van der Waals surface area contributed by atoms with Crippen LogP contribution in [0.25, 0.3) is 15.9 Å². The predicted octanol–water partition coefficient (Wildman–Crippen LogP) is 4.84. The van der Waals surface area contributed by atoms with Gasteiger partial charge in [-0.25, -0.2) is 4.98 Å². The first-order valence-corrected chi connectivity index (χ1v) is 11.1. The van der Waals surface area contributed by atoms with Gasteiger partial charge in [-0.2, -0.15) is 0 Å². The molecule has 6 nitrogen and oxygen atoms in total. The fourth-order valence-corrected chi connectivity index (χ4v) is 4.66. The third-order valence-corrected chi connectivity index (χ3v) is 6.28. The number of hydrogen-bond acceptors (Lipinski definition) is 6. The topological polar surface area (TPSA) is 73.2 Å². The van der Waals surface area contributed by atoms with Gasteiger partial charge in [-0.1, -0.05) is 41.6 Å². The summed E-state index contributed by atoms with van der Waals surface area (Å²) in [5.74, 6) is 0.389. The minimum atomic E-state index is -0.228. The highest BCUT2D eigenvalue weighted by Gasteiger charge is 2.18. The fraction of sp³-hybridized carbons (Fsp3) is 0.0952. The van der Waals surface area contributed by atoms with Crippen LogP contribution in [-0.4, -0.2) is 28.3 Å². The highest BCUT2D eigenvalue weighted by molar-refractivity contribution is 7.99. The molecule has 0 aliphatic carbocycles. The molecular weight excluding hydrogens is 442 g/mol. The second-order valence-electron chi connectivity index (χ2n) is 6.19. The highest BCUT2D eigenvalue weighted by Crippen LogP contribution is 2.28. The molecule has 2 heterocycles. The molecule has 4 rings (SSSR count). The van der Waals surface area contributed by atoms with E-state index >= 15 is 0 Å². The van der Waals surface area contributed by atoms with E-state index < -0.39 is 0 Å². The molecule has 1 amide bonds. The summed E-state index contributed by atoms with van der Waals surface area (Å²) < 4.78 is 7.48. The Labute approximate surface area is 185 Å². The molecule has 0 unspecified atom stereocenters. The number of thiophene rings is 1. The van der Waals surface area contributed by atoms with Crippen molar-refractivity contribution in [1.29, 1.82) is 0 Å². The van der Waals surface area contributed by atoms with Crippen molar-refractivity contribution >= 4 is 56.5 Å². The lowest BCUT2D eigenvalue weighted by Crippen LogP contribution is -2.22. The van der Waals surface area contributed by atoms with Gasteiger partial charge in [0, 0.05) is 10.7 Å². The Morgan fingerprint density at radius 1 is 1.23 bits per heavy atom. The minimum absolute atomic E-state index is 0.0732. The SMILES string of the molecule is COc1ccccc1-n1c(SCC(=O)Nc2cccc(Cl)c2)nc2ccsc2c1=O. The summed E-state index contributed by atoms with van der Waals surface area (Å²) in [6, 6.07) is 15.9. The number of para-hydroxylation sites is 2. The third-order valence-electron chi connectivity index (χ3n) is 4.22. The molecule has 2 aromatic heterocycles. The monoisotopic (exact) mass is 457 g/mol. The van der Waals surface area contributed by atoms with Crippen molar-refractivity contribution in [3.8, 4) is 11.4 Å². The van der Waals surface area contributed by atoms with E-state index in [0.29, 0.717) is 37.5 Å². The molecule has 30 heavy (non-hydrogen) atoms. The maximum atomic E-state index is 13.2. The first-order chi connectivity index (χ1) is 14.6. The first-order valence-electron chi connectivity index (χ1n) is 8.88. The van der Waals surface area contributed by atoms with Gasteiger partial charge < -0.3 is 10.1 Å². The number of benzene rings is 2. The van der Waals surface area contributed by atoms with Crippen LogP contribution in [0.5, 0.6) is 5.75 Å². The van der Waals surface area contributed by atoms with Crippen LogP contribution in [-0.2, 0) is 4.79 Å². The Balaban J connectivity index is 1.68. The Morgan fingerprint density at radius 2 is 2.07 bits per heavy atom. The number of nitrogens with zero attached hydrogens (tertiary/aromatic N) is 2. The number of aromatic nitrogens is 2.